The van der Waals surface area contributed by atoms with Crippen LogP contribution in [0.4, 0.5) is 5.69 Å². The highest BCUT2D eigenvalue weighted by atomic mass is 15.1. The molecule has 0 aliphatic heterocycles. The molecule has 0 saturated carbocycles. The van der Waals surface area contributed by atoms with Crippen LogP contribution in [0.1, 0.15) is 31.9 Å². The third kappa shape index (κ3) is 2.99. The zero-order chi connectivity index (χ0) is 13.2. The van der Waals surface area contributed by atoms with Crippen LogP contribution in [0.3, 0.4) is 0 Å². The van der Waals surface area contributed by atoms with E-state index in [0.29, 0.717) is 12.0 Å². The minimum atomic E-state index is 0.131. The van der Waals surface area contributed by atoms with E-state index in [1.807, 2.05) is 19.1 Å². The quantitative estimate of drug-likeness (QED) is 0.620. The van der Waals surface area contributed by atoms with Crippen molar-refractivity contribution in [1.29, 1.82) is 5.41 Å². The first-order valence-electron chi connectivity index (χ1n) is 6.02. The molecule has 0 aliphatic carbocycles. The molecule has 3 N–H and O–H groups in total. The van der Waals surface area contributed by atoms with Gasteiger partial charge < -0.3 is 10.6 Å². The zero-order valence-electron chi connectivity index (χ0n) is 11.4. The molecule has 3 heteroatoms. The molecule has 0 amide bonds. The average molecular weight is 233 g/mol. The lowest BCUT2D eigenvalue weighted by Gasteiger charge is -2.31. The minimum absolute atomic E-state index is 0.131. The van der Waals surface area contributed by atoms with E-state index in [4.69, 9.17) is 11.1 Å². The van der Waals surface area contributed by atoms with Crippen LogP contribution >= 0.6 is 0 Å². The van der Waals surface area contributed by atoms with Crippen LogP contribution in [0.25, 0.3) is 0 Å². The summed E-state index contributed by atoms with van der Waals surface area (Å²) in [6.45, 7) is 8.60. The predicted molar refractivity (Wildman–Crippen MR) is 74.9 cm³/mol. The standard InChI is InChI=1S/C14H23N3/c1-9(2)11(4)17(5)13-7-6-10(3)8-12(13)14(15)16/h6-9,11H,1-5H3,(H3,15,16). The summed E-state index contributed by atoms with van der Waals surface area (Å²) in [5, 5.41) is 7.67. The second-order valence-corrected chi connectivity index (χ2v) is 5.03. The number of nitrogens with one attached hydrogen (secondary N) is 1. The molecule has 1 atom stereocenters. The number of rotatable bonds is 4. The Morgan fingerprint density at radius 1 is 1.29 bits per heavy atom. The third-order valence-electron chi connectivity index (χ3n) is 3.40. The normalized spacial score (nSPS) is 12.6. The Hall–Kier alpha value is -1.51. The van der Waals surface area contributed by atoms with Crippen molar-refractivity contribution in [3.8, 4) is 0 Å². The van der Waals surface area contributed by atoms with Gasteiger partial charge in [0.1, 0.15) is 5.84 Å². The van der Waals surface area contributed by atoms with E-state index in [-0.39, 0.29) is 5.84 Å². The van der Waals surface area contributed by atoms with E-state index in [2.05, 4.69) is 38.8 Å². The van der Waals surface area contributed by atoms with Gasteiger partial charge in [0.2, 0.25) is 0 Å². The average Bonchev–Trinajstić information content (AvgIpc) is 2.26. The minimum Gasteiger partial charge on any atom is -0.384 e. The number of benzene rings is 1. The van der Waals surface area contributed by atoms with Gasteiger partial charge in [-0.25, -0.2) is 0 Å². The fraction of sp³-hybridized carbons (Fsp3) is 0.500. The number of nitrogen functional groups attached to an aromatic ring is 1. The molecule has 0 aliphatic rings. The smallest absolute Gasteiger partial charge is 0.124 e. The topological polar surface area (TPSA) is 53.1 Å². The maximum Gasteiger partial charge on any atom is 0.124 e. The predicted octanol–water partition coefficient (Wildman–Crippen LogP) is 2.76. The van der Waals surface area contributed by atoms with Gasteiger partial charge in [-0.1, -0.05) is 25.5 Å². The molecular formula is C14H23N3. The summed E-state index contributed by atoms with van der Waals surface area (Å²) in [7, 11) is 2.06. The maximum absolute atomic E-state index is 7.67. The molecule has 0 bridgehead atoms. The highest BCUT2D eigenvalue weighted by Crippen LogP contribution is 2.24. The van der Waals surface area contributed by atoms with Crippen LogP contribution in [-0.2, 0) is 0 Å². The number of nitrogens with zero attached hydrogens (tertiary/aromatic N) is 1. The van der Waals surface area contributed by atoms with Gasteiger partial charge in [-0.2, -0.15) is 0 Å². The maximum atomic E-state index is 7.67. The fourth-order valence-electron chi connectivity index (χ4n) is 1.84. The van der Waals surface area contributed by atoms with E-state index in [9.17, 15) is 0 Å². The van der Waals surface area contributed by atoms with Crippen molar-refractivity contribution in [3.05, 3.63) is 29.3 Å². The van der Waals surface area contributed by atoms with Crippen LogP contribution < -0.4 is 10.6 Å². The Labute approximate surface area is 104 Å². The molecule has 0 aromatic heterocycles. The van der Waals surface area contributed by atoms with Gasteiger partial charge in [-0.3, -0.25) is 5.41 Å². The molecule has 17 heavy (non-hydrogen) atoms. The molecule has 94 valence electrons. The molecule has 3 nitrogen and oxygen atoms in total. The molecule has 1 unspecified atom stereocenters. The van der Waals surface area contributed by atoms with Crippen molar-refractivity contribution >= 4 is 11.5 Å². The lowest BCUT2D eigenvalue weighted by atomic mass is 10.0. The molecular weight excluding hydrogens is 210 g/mol. The Kier molecular flexibility index (Phi) is 4.16. The zero-order valence-corrected chi connectivity index (χ0v) is 11.4. The highest BCUT2D eigenvalue weighted by Gasteiger charge is 2.17. The number of amidine groups is 1. The lowest BCUT2D eigenvalue weighted by molar-refractivity contribution is 0.505. The van der Waals surface area contributed by atoms with Crippen LogP contribution in [-0.4, -0.2) is 18.9 Å². The summed E-state index contributed by atoms with van der Waals surface area (Å²) in [6.07, 6.45) is 0. The Morgan fingerprint density at radius 2 is 1.88 bits per heavy atom. The van der Waals surface area contributed by atoms with Crippen molar-refractivity contribution in [2.24, 2.45) is 11.7 Å². The molecule has 0 heterocycles. The van der Waals surface area contributed by atoms with E-state index in [1.165, 1.54) is 0 Å². The summed E-state index contributed by atoms with van der Waals surface area (Å²) in [6, 6.07) is 6.49. The van der Waals surface area contributed by atoms with E-state index in [0.717, 1.165) is 16.8 Å². The summed E-state index contributed by atoms with van der Waals surface area (Å²) in [4.78, 5) is 2.20. The number of hydrogen-bond donors (Lipinski definition) is 2. The number of nitrogens with two attached hydrogens (primary N) is 1. The fourth-order valence-corrected chi connectivity index (χ4v) is 1.84. The van der Waals surface area contributed by atoms with Crippen molar-refractivity contribution in [2.75, 3.05) is 11.9 Å². The van der Waals surface area contributed by atoms with Gasteiger partial charge in [0.05, 0.1) is 0 Å². The van der Waals surface area contributed by atoms with Crippen LogP contribution in [0.2, 0.25) is 0 Å². The van der Waals surface area contributed by atoms with Gasteiger partial charge in [0.15, 0.2) is 0 Å². The monoisotopic (exact) mass is 233 g/mol. The second-order valence-electron chi connectivity index (χ2n) is 5.03. The SMILES string of the molecule is Cc1ccc(N(C)C(C)C(C)C)c(C(=N)N)c1. The summed E-state index contributed by atoms with van der Waals surface area (Å²) in [5.74, 6) is 0.688. The highest BCUT2D eigenvalue weighted by molar-refractivity contribution is 6.00. The Bertz CT molecular complexity index is 410. The van der Waals surface area contributed by atoms with Crippen molar-refractivity contribution < 1.29 is 0 Å². The molecule has 1 rings (SSSR count). The van der Waals surface area contributed by atoms with Gasteiger partial charge >= 0.3 is 0 Å². The number of anilines is 1. The van der Waals surface area contributed by atoms with Crippen LogP contribution in [0.15, 0.2) is 18.2 Å². The first kappa shape index (κ1) is 13.6. The van der Waals surface area contributed by atoms with Gasteiger partial charge in [-0.05, 0) is 31.9 Å². The van der Waals surface area contributed by atoms with Crippen LogP contribution in [0.5, 0.6) is 0 Å². The van der Waals surface area contributed by atoms with Crippen molar-refractivity contribution in [2.45, 2.75) is 33.7 Å². The number of hydrogen-bond acceptors (Lipinski definition) is 2. The Morgan fingerprint density at radius 3 is 2.35 bits per heavy atom. The summed E-state index contributed by atoms with van der Waals surface area (Å²) in [5.41, 5.74) is 8.63. The largest absolute Gasteiger partial charge is 0.384 e. The van der Waals surface area contributed by atoms with Gasteiger partial charge in [-0.15, -0.1) is 0 Å². The van der Waals surface area contributed by atoms with E-state index >= 15 is 0 Å². The molecule has 1 aromatic rings. The van der Waals surface area contributed by atoms with Gasteiger partial charge in [0, 0.05) is 24.3 Å². The lowest BCUT2D eigenvalue weighted by Crippen LogP contribution is -2.34. The molecule has 0 radical (unpaired) electrons. The summed E-state index contributed by atoms with van der Waals surface area (Å²) >= 11 is 0. The number of aryl methyl sites for hydroxylation is 1. The van der Waals surface area contributed by atoms with Crippen LogP contribution in [0, 0.1) is 18.3 Å². The van der Waals surface area contributed by atoms with E-state index < -0.39 is 0 Å². The Balaban J connectivity index is 3.17. The van der Waals surface area contributed by atoms with Crippen molar-refractivity contribution in [1.82, 2.24) is 0 Å². The molecule has 1 aromatic carbocycles. The summed E-state index contributed by atoms with van der Waals surface area (Å²) < 4.78 is 0. The first-order valence-corrected chi connectivity index (χ1v) is 6.02. The van der Waals surface area contributed by atoms with E-state index in [1.54, 1.807) is 0 Å². The molecule has 0 fully saturated rings. The van der Waals surface area contributed by atoms with Gasteiger partial charge in [0.25, 0.3) is 0 Å². The third-order valence-corrected chi connectivity index (χ3v) is 3.40. The molecule has 0 spiro atoms. The molecule has 0 saturated heterocycles. The second kappa shape index (κ2) is 5.21. The van der Waals surface area contributed by atoms with Crippen molar-refractivity contribution in [3.63, 3.8) is 0 Å². The first-order chi connectivity index (χ1) is 7.84.